The van der Waals surface area contributed by atoms with Crippen LogP contribution in [0.4, 0.5) is 34.1 Å². The van der Waals surface area contributed by atoms with Crippen LogP contribution in [-0.4, -0.2) is 31.1 Å². The van der Waals surface area contributed by atoms with Gasteiger partial charge in [-0.15, -0.1) is 0 Å². The topological polar surface area (TPSA) is 221 Å². The van der Waals surface area contributed by atoms with Gasteiger partial charge < -0.3 is 0 Å². The van der Waals surface area contributed by atoms with Crippen LogP contribution < -0.4 is 10.9 Å². The van der Waals surface area contributed by atoms with Crippen molar-refractivity contribution in [2.24, 2.45) is 10.2 Å². The lowest BCUT2D eigenvalue weighted by atomic mass is 9.89. The van der Waals surface area contributed by atoms with Crippen LogP contribution in [0.5, 0.6) is 0 Å². The number of nitrogens with one attached hydrogen (secondary N) is 2. The van der Waals surface area contributed by atoms with E-state index >= 15 is 0 Å². The van der Waals surface area contributed by atoms with Gasteiger partial charge in [-0.05, 0) is 28.5 Å². The van der Waals surface area contributed by atoms with Crippen LogP contribution in [0.2, 0.25) is 0 Å². The molecule has 0 amide bonds. The van der Waals surface area contributed by atoms with Gasteiger partial charge in [0.2, 0.25) is 0 Å². The highest BCUT2D eigenvalue weighted by Gasteiger charge is 2.37. The number of benzene rings is 5. The molecular formula is C31H20N8O8. The van der Waals surface area contributed by atoms with Gasteiger partial charge in [0.25, 0.3) is 11.4 Å². The summed E-state index contributed by atoms with van der Waals surface area (Å²) >= 11 is 0. The van der Waals surface area contributed by atoms with E-state index in [0.717, 1.165) is 40.6 Å². The summed E-state index contributed by atoms with van der Waals surface area (Å²) in [4.78, 5) is 43.1. The smallest absolute Gasteiger partial charge is 0.271 e. The Morgan fingerprint density at radius 1 is 0.532 bits per heavy atom. The summed E-state index contributed by atoms with van der Waals surface area (Å²) in [6.07, 6.45) is 0. The molecule has 0 radical (unpaired) electrons. The molecule has 0 saturated heterocycles. The van der Waals surface area contributed by atoms with Crippen LogP contribution in [0.1, 0.15) is 22.6 Å². The number of hydrogen-bond acceptors (Lipinski definition) is 12. The van der Waals surface area contributed by atoms with E-state index in [9.17, 15) is 40.5 Å². The van der Waals surface area contributed by atoms with Crippen LogP contribution in [-0.2, 0) is 0 Å². The minimum absolute atomic E-state index is 0.0905. The first kappa shape index (κ1) is 29.9. The molecule has 0 atom stereocenters. The number of nitro benzene ring substituents is 4. The second-order valence-electron chi connectivity index (χ2n) is 10.2. The standard InChI is InChI=1S/C31H20N8O8/c40-36(41)19-12-14-25(27(16-19)38(44)45)32-34-30-23-9-3-4-10-24(23)31(29(30)22-11-5-7-18-6-1-2-8-21(18)22)35-33-26-15-13-20(37(42)43)17-28(26)39(46)47/h1-17,29,32-33H/b34-30+,35-31+. The first-order valence-corrected chi connectivity index (χ1v) is 13.7. The van der Waals surface area contributed by atoms with Gasteiger partial charge >= 0.3 is 11.4 Å². The van der Waals surface area contributed by atoms with Crippen LogP contribution >= 0.6 is 0 Å². The number of nitrogens with zero attached hydrogens (tertiary/aromatic N) is 6. The van der Waals surface area contributed by atoms with E-state index in [1.807, 2.05) is 42.5 Å². The minimum Gasteiger partial charge on any atom is -0.271 e. The lowest BCUT2D eigenvalue weighted by Gasteiger charge is -2.17. The molecule has 2 N–H and O–H groups in total. The Balaban J connectivity index is 1.53. The Bertz CT molecular complexity index is 2080. The molecule has 0 spiro atoms. The molecule has 47 heavy (non-hydrogen) atoms. The zero-order chi connectivity index (χ0) is 33.2. The summed E-state index contributed by atoms with van der Waals surface area (Å²) < 4.78 is 0. The molecule has 0 unspecified atom stereocenters. The van der Waals surface area contributed by atoms with Crippen LogP contribution in [0.3, 0.4) is 0 Å². The number of hydrogen-bond donors (Lipinski definition) is 2. The first-order chi connectivity index (χ1) is 22.6. The Morgan fingerprint density at radius 2 is 1.00 bits per heavy atom. The third kappa shape index (κ3) is 5.64. The van der Waals surface area contributed by atoms with Gasteiger partial charge in [0, 0.05) is 23.3 Å². The summed E-state index contributed by atoms with van der Waals surface area (Å²) in [7, 11) is 0. The number of non-ortho nitro benzene ring substituents is 2. The summed E-state index contributed by atoms with van der Waals surface area (Å²) in [5.74, 6) is -0.729. The number of fused-ring (bicyclic) bond motifs is 2. The SMILES string of the molecule is O=[N+]([O-])c1ccc(N/N=C2\c3ccccc3/C(=N\Nc3ccc([N+](=O)[O-])cc3[N+](=O)[O-])C2c2cccc3ccccc23)c([N+](=O)[O-])c1. The van der Waals surface area contributed by atoms with Gasteiger partial charge in [0.15, 0.2) is 0 Å². The predicted octanol–water partition coefficient (Wildman–Crippen LogP) is 6.90. The Morgan fingerprint density at radius 3 is 1.49 bits per heavy atom. The lowest BCUT2D eigenvalue weighted by molar-refractivity contribution is -0.393. The molecule has 1 aliphatic carbocycles. The maximum atomic E-state index is 11.8. The van der Waals surface area contributed by atoms with Crippen molar-refractivity contribution >= 4 is 56.3 Å². The largest absolute Gasteiger partial charge is 0.301 e. The fraction of sp³-hybridized carbons (Fsp3) is 0.0323. The number of nitro groups is 4. The minimum atomic E-state index is -0.756. The van der Waals surface area contributed by atoms with E-state index < -0.39 is 48.4 Å². The van der Waals surface area contributed by atoms with Crippen molar-refractivity contribution in [3.8, 4) is 0 Å². The van der Waals surface area contributed by atoms with E-state index in [4.69, 9.17) is 0 Å². The lowest BCUT2D eigenvalue weighted by Crippen LogP contribution is -2.18. The molecule has 1 aliphatic rings. The van der Waals surface area contributed by atoms with Crippen LogP contribution in [0.15, 0.2) is 113 Å². The Labute approximate surface area is 263 Å². The van der Waals surface area contributed by atoms with Crippen LogP contribution in [0.25, 0.3) is 10.8 Å². The van der Waals surface area contributed by atoms with Gasteiger partial charge in [-0.2, -0.15) is 10.2 Å². The van der Waals surface area contributed by atoms with Crippen molar-refractivity contribution in [3.05, 3.63) is 160 Å². The highest BCUT2D eigenvalue weighted by Crippen LogP contribution is 2.40. The zero-order valence-electron chi connectivity index (χ0n) is 23.8. The van der Waals surface area contributed by atoms with Crippen molar-refractivity contribution in [2.75, 3.05) is 10.9 Å². The maximum absolute atomic E-state index is 11.8. The summed E-state index contributed by atoms with van der Waals surface area (Å²) in [6, 6.07) is 26.6. The van der Waals surface area contributed by atoms with Gasteiger partial charge in [0.05, 0.1) is 49.2 Å². The first-order valence-electron chi connectivity index (χ1n) is 13.7. The molecule has 6 rings (SSSR count). The molecule has 0 saturated carbocycles. The van der Waals surface area contributed by atoms with Gasteiger partial charge in [-0.1, -0.05) is 66.7 Å². The summed E-state index contributed by atoms with van der Waals surface area (Å²) in [5, 5.41) is 57.1. The quantitative estimate of drug-likeness (QED) is 0.126. The van der Waals surface area contributed by atoms with E-state index in [2.05, 4.69) is 21.1 Å². The second kappa shape index (κ2) is 12.1. The van der Waals surface area contributed by atoms with E-state index in [1.54, 1.807) is 24.3 Å². The Kier molecular flexibility index (Phi) is 7.72. The molecule has 0 aromatic heterocycles. The van der Waals surface area contributed by atoms with E-state index in [1.165, 1.54) is 12.1 Å². The predicted molar refractivity (Wildman–Crippen MR) is 173 cm³/mol. The molecule has 0 heterocycles. The van der Waals surface area contributed by atoms with E-state index in [0.29, 0.717) is 22.6 Å². The highest BCUT2D eigenvalue weighted by atomic mass is 16.6. The molecule has 0 aliphatic heterocycles. The number of hydrazone groups is 2. The molecule has 0 bridgehead atoms. The van der Waals surface area contributed by atoms with Crippen molar-refractivity contribution in [2.45, 2.75) is 5.92 Å². The van der Waals surface area contributed by atoms with E-state index in [-0.39, 0.29) is 11.4 Å². The van der Waals surface area contributed by atoms with Crippen molar-refractivity contribution in [1.82, 2.24) is 0 Å². The molecule has 232 valence electrons. The third-order valence-corrected chi connectivity index (χ3v) is 7.53. The number of rotatable bonds is 9. The molecular weight excluding hydrogens is 612 g/mol. The van der Waals surface area contributed by atoms with Crippen LogP contribution in [0, 0.1) is 40.5 Å². The molecule has 5 aromatic rings. The average Bonchev–Trinajstić information content (AvgIpc) is 3.38. The summed E-state index contributed by atoms with van der Waals surface area (Å²) in [6.45, 7) is 0. The molecule has 5 aromatic carbocycles. The van der Waals surface area contributed by atoms with Gasteiger partial charge in [-0.3, -0.25) is 51.3 Å². The summed E-state index contributed by atoms with van der Waals surface area (Å²) in [5.41, 5.74) is 5.95. The zero-order valence-corrected chi connectivity index (χ0v) is 23.8. The normalized spacial score (nSPS) is 14.2. The van der Waals surface area contributed by atoms with Crippen molar-refractivity contribution in [3.63, 3.8) is 0 Å². The van der Waals surface area contributed by atoms with Crippen molar-refractivity contribution in [1.29, 1.82) is 0 Å². The molecule has 0 fully saturated rings. The third-order valence-electron chi connectivity index (χ3n) is 7.53. The van der Waals surface area contributed by atoms with Gasteiger partial charge in [-0.25, -0.2) is 0 Å². The second-order valence-corrected chi connectivity index (χ2v) is 10.2. The monoisotopic (exact) mass is 632 g/mol. The van der Waals surface area contributed by atoms with Gasteiger partial charge in [0.1, 0.15) is 11.4 Å². The highest BCUT2D eigenvalue weighted by molar-refractivity contribution is 6.34. The van der Waals surface area contributed by atoms with Crippen molar-refractivity contribution < 1.29 is 19.7 Å². The number of anilines is 2. The fourth-order valence-electron chi connectivity index (χ4n) is 5.42. The Hall–Kier alpha value is -7.10. The average molecular weight is 633 g/mol. The maximum Gasteiger partial charge on any atom is 0.301 e. The fourth-order valence-corrected chi connectivity index (χ4v) is 5.42. The molecule has 16 nitrogen and oxygen atoms in total. The molecule has 16 heteroatoms.